The van der Waals surface area contributed by atoms with Crippen molar-refractivity contribution < 1.29 is 4.39 Å². The van der Waals surface area contributed by atoms with Crippen LogP contribution in [0.25, 0.3) is 0 Å². The highest BCUT2D eigenvalue weighted by molar-refractivity contribution is 5.46. The van der Waals surface area contributed by atoms with Crippen molar-refractivity contribution in [2.45, 2.75) is 20.4 Å². The summed E-state index contributed by atoms with van der Waals surface area (Å²) in [4.78, 5) is 8.33. The molecule has 0 atom stereocenters. The highest BCUT2D eigenvalue weighted by Crippen LogP contribution is 2.11. The molecule has 0 fully saturated rings. The van der Waals surface area contributed by atoms with Crippen LogP contribution in [-0.2, 0) is 6.54 Å². The van der Waals surface area contributed by atoms with Gasteiger partial charge in [0.2, 0.25) is 0 Å². The molecule has 1 aromatic heterocycles. The van der Waals surface area contributed by atoms with Crippen molar-refractivity contribution in [2.24, 2.45) is 5.92 Å². The first-order valence-corrected chi connectivity index (χ1v) is 6.67. The maximum absolute atomic E-state index is 12.8. The molecule has 1 heterocycles. The molecular weight excluding hydrogens is 255 g/mol. The van der Waals surface area contributed by atoms with E-state index >= 15 is 0 Å². The lowest BCUT2D eigenvalue weighted by atomic mass is 10.2. The number of hydrogen-bond acceptors (Lipinski definition) is 4. The van der Waals surface area contributed by atoms with Crippen LogP contribution >= 0.6 is 0 Å². The van der Waals surface area contributed by atoms with Crippen LogP contribution in [0.2, 0.25) is 0 Å². The van der Waals surface area contributed by atoms with Crippen molar-refractivity contribution in [3.05, 3.63) is 48.0 Å². The normalized spacial score (nSPS) is 10.6. The van der Waals surface area contributed by atoms with Gasteiger partial charge in [-0.1, -0.05) is 26.0 Å². The van der Waals surface area contributed by atoms with Crippen LogP contribution in [0.1, 0.15) is 19.4 Å². The molecule has 2 rings (SSSR count). The Kier molecular flexibility index (Phi) is 4.87. The lowest BCUT2D eigenvalue weighted by Gasteiger charge is -2.10. The van der Waals surface area contributed by atoms with Gasteiger partial charge in [0.1, 0.15) is 23.8 Å². The summed E-state index contributed by atoms with van der Waals surface area (Å²) in [5.74, 6) is 1.88. The predicted octanol–water partition coefficient (Wildman–Crippen LogP) is 3.30. The largest absolute Gasteiger partial charge is 0.370 e. The minimum atomic E-state index is -0.226. The van der Waals surface area contributed by atoms with Gasteiger partial charge >= 0.3 is 0 Å². The van der Waals surface area contributed by atoms with Crippen molar-refractivity contribution >= 4 is 11.6 Å². The van der Waals surface area contributed by atoms with E-state index in [1.54, 1.807) is 12.1 Å². The average molecular weight is 274 g/mol. The van der Waals surface area contributed by atoms with Crippen LogP contribution in [-0.4, -0.2) is 16.5 Å². The standard InChI is InChI=1S/C15H19FN4/c1-11(2)8-17-14-7-15(20-10-19-14)18-9-12-3-5-13(16)6-4-12/h3-7,10-11H,8-9H2,1-2H3,(H2,17,18,19,20). The lowest BCUT2D eigenvalue weighted by molar-refractivity contribution is 0.627. The molecule has 0 radical (unpaired) electrons. The number of nitrogens with one attached hydrogen (secondary N) is 2. The van der Waals surface area contributed by atoms with E-state index in [1.807, 2.05) is 6.07 Å². The number of nitrogens with zero attached hydrogens (tertiary/aromatic N) is 2. The van der Waals surface area contributed by atoms with Gasteiger partial charge in [-0.15, -0.1) is 0 Å². The molecule has 0 aliphatic heterocycles. The Balaban J connectivity index is 1.92. The van der Waals surface area contributed by atoms with E-state index in [2.05, 4.69) is 34.4 Å². The van der Waals surface area contributed by atoms with E-state index in [4.69, 9.17) is 0 Å². The lowest BCUT2D eigenvalue weighted by Crippen LogP contribution is -2.10. The van der Waals surface area contributed by atoms with Gasteiger partial charge in [-0.2, -0.15) is 0 Å². The number of rotatable bonds is 6. The minimum Gasteiger partial charge on any atom is -0.370 e. The number of aromatic nitrogens is 2. The fourth-order valence-electron chi connectivity index (χ4n) is 1.65. The fourth-order valence-corrected chi connectivity index (χ4v) is 1.65. The molecule has 2 aromatic rings. The van der Waals surface area contributed by atoms with E-state index in [0.717, 1.165) is 23.7 Å². The Hall–Kier alpha value is -2.17. The summed E-state index contributed by atoms with van der Waals surface area (Å²) in [5, 5.41) is 6.44. The van der Waals surface area contributed by atoms with Gasteiger partial charge in [0.05, 0.1) is 0 Å². The molecule has 0 spiro atoms. The van der Waals surface area contributed by atoms with Crippen LogP contribution in [0.5, 0.6) is 0 Å². The van der Waals surface area contributed by atoms with Gasteiger partial charge in [0, 0.05) is 19.2 Å². The Morgan fingerprint density at radius 1 is 1.05 bits per heavy atom. The monoisotopic (exact) mass is 274 g/mol. The zero-order chi connectivity index (χ0) is 14.4. The van der Waals surface area contributed by atoms with E-state index < -0.39 is 0 Å². The SMILES string of the molecule is CC(C)CNc1cc(NCc2ccc(F)cc2)ncn1. The zero-order valence-corrected chi connectivity index (χ0v) is 11.7. The molecule has 0 bridgehead atoms. The first-order valence-electron chi connectivity index (χ1n) is 6.67. The highest BCUT2D eigenvalue weighted by Gasteiger charge is 2.00. The third-order valence-corrected chi connectivity index (χ3v) is 2.75. The Bertz CT molecular complexity index is 540. The van der Waals surface area contributed by atoms with Crippen LogP contribution in [0.4, 0.5) is 16.0 Å². The third-order valence-electron chi connectivity index (χ3n) is 2.75. The van der Waals surface area contributed by atoms with Crippen molar-refractivity contribution in [1.29, 1.82) is 0 Å². The van der Waals surface area contributed by atoms with Gasteiger partial charge in [-0.05, 0) is 23.6 Å². The molecule has 4 nitrogen and oxygen atoms in total. The average Bonchev–Trinajstić information content (AvgIpc) is 2.45. The Morgan fingerprint density at radius 2 is 1.70 bits per heavy atom. The number of halogens is 1. The second-order valence-corrected chi connectivity index (χ2v) is 5.04. The van der Waals surface area contributed by atoms with Gasteiger partial charge < -0.3 is 10.6 Å². The molecule has 20 heavy (non-hydrogen) atoms. The number of anilines is 2. The van der Waals surface area contributed by atoms with Gasteiger partial charge in [0.25, 0.3) is 0 Å². The summed E-state index contributed by atoms with van der Waals surface area (Å²) in [6.07, 6.45) is 1.52. The summed E-state index contributed by atoms with van der Waals surface area (Å²) in [7, 11) is 0. The maximum Gasteiger partial charge on any atom is 0.131 e. The van der Waals surface area contributed by atoms with Crippen molar-refractivity contribution in [2.75, 3.05) is 17.2 Å². The highest BCUT2D eigenvalue weighted by atomic mass is 19.1. The molecule has 0 amide bonds. The second-order valence-electron chi connectivity index (χ2n) is 5.04. The topological polar surface area (TPSA) is 49.8 Å². The molecular formula is C15H19FN4. The Morgan fingerprint density at radius 3 is 2.35 bits per heavy atom. The van der Waals surface area contributed by atoms with Crippen molar-refractivity contribution in [1.82, 2.24) is 9.97 Å². The molecule has 2 N–H and O–H groups in total. The van der Waals surface area contributed by atoms with Crippen LogP contribution in [0, 0.1) is 11.7 Å². The summed E-state index contributed by atoms with van der Waals surface area (Å²) < 4.78 is 12.8. The quantitative estimate of drug-likeness (QED) is 0.848. The molecule has 0 unspecified atom stereocenters. The van der Waals surface area contributed by atoms with Crippen LogP contribution in [0.3, 0.4) is 0 Å². The third kappa shape index (κ3) is 4.50. The molecule has 0 aliphatic carbocycles. The Labute approximate surface area is 118 Å². The predicted molar refractivity (Wildman–Crippen MR) is 79.1 cm³/mol. The number of benzene rings is 1. The molecule has 5 heteroatoms. The second kappa shape index (κ2) is 6.84. The van der Waals surface area contributed by atoms with Gasteiger partial charge in [-0.3, -0.25) is 0 Å². The van der Waals surface area contributed by atoms with E-state index in [-0.39, 0.29) is 5.82 Å². The molecule has 0 saturated carbocycles. The zero-order valence-electron chi connectivity index (χ0n) is 11.7. The smallest absolute Gasteiger partial charge is 0.131 e. The molecule has 1 aromatic carbocycles. The minimum absolute atomic E-state index is 0.226. The summed E-state index contributed by atoms with van der Waals surface area (Å²) >= 11 is 0. The van der Waals surface area contributed by atoms with Crippen LogP contribution in [0.15, 0.2) is 36.7 Å². The van der Waals surface area contributed by atoms with E-state index in [9.17, 15) is 4.39 Å². The van der Waals surface area contributed by atoms with E-state index in [1.165, 1.54) is 18.5 Å². The first kappa shape index (κ1) is 14.2. The van der Waals surface area contributed by atoms with Crippen molar-refractivity contribution in [3.8, 4) is 0 Å². The van der Waals surface area contributed by atoms with Gasteiger partial charge in [0.15, 0.2) is 0 Å². The summed E-state index contributed by atoms with van der Waals surface area (Å²) in [6.45, 7) is 5.75. The van der Waals surface area contributed by atoms with Crippen LogP contribution < -0.4 is 10.6 Å². The summed E-state index contributed by atoms with van der Waals surface area (Å²) in [6, 6.07) is 8.27. The van der Waals surface area contributed by atoms with E-state index in [0.29, 0.717) is 12.5 Å². The molecule has 0 aliphatic rings. The van der Waals surface area contributed by atoms with Gasteiger partial charge in [-0.25, -0.2) is 14.4 Å². The fraction of sp³-hybridized carbons (Fsp3) is 0.333. The maximum atomic E-state index is 12.8. The van der Waals surface area contributed by atoms with Crippen molar-refractivity contribution in [3.63, 3.8) is 0 Å². The molecule has 106 valence electrons. The summed E-state index contributed by atoms with van der Waals surface area (Å²) in [5.41, 5.74) is 1.00. The number of hydrogen-bond donors (Lipinski definition) is 2. The first-order chi connectivity index (χ1) is 9.63. The molecule has 0 saturated heterocycles.